The summed E-state index contributed by atoms with van der Waals surface area (Å²) in [5.74, 6) is 1.73. The molecule has 0 bridgehead atoms. The van der Waals surface area contributed by atoms with Gasteiger partial charge in [-0.05, 0) is 59.9 Å². The largest absolute Gasteiger partial charge is 0.494 e. The van der Waals surface area contributed by atoms with E-state index < -0.39 is 0 Å². The lowest BCUT2D eigenvalue weighted by atomic mass is 10.0. The normalized spacial score (nSPS) is 12.1. The molecule has 0 aliphatic heterocycles. The van der Waals surface area contributed by atoms with Crippen molar-refractivity contribution in [2.75, 3.05) is 13.2 Å². The maximum atomic E-state index is 6.04. The highest BCUT2D eigenvalue weighted by Crippen LogP contribution is 2.26. The zero-order valence-corrected chi connectivity index (χ0v) is 17.5. The van der Waals surface area contributed by atoms with Crippen LogP contribution in [0, 0.1) is 0 Å². The fourth-order valence-electron chi connectivity index (χ4n) is 3.45. The SMILES string of the molecule is CCOc1ccc(CC(OCC)c2nnnn2CCc2ccccc2)cc1CC. The van der Waals surface area contributed by atoms with Crippen LogP contribution >= 0.6 is 0 Å². The Hall–Kier alpha value is -2.73. The first-order chi connectivity index (χ1) is 14.2. The average Bonchev–Trinajstić information content (AvgIpc) is 3.22. The summed E-state index contributed by atoms with van der Waals surface area (Å²) in [6.45, 7) is 8.15. The first-order valence-corrected chi connectivity index (χ1v) is 10.4. The molecule has 0 amide bonds. The second-order valence-corrected chi connectivity index (χ2v) is 6.87. The zero-order valence-electron chi connectivity index (χ0n) is 17.5. The van der Waals surface area contributed by atoms with Gasteiger partial charge in [0.25, 0.3) is 0 Å². The smallest absolute Gasteiger partial charge is 0.180 e. The van der Waals surface area contributed by atoms with Crippen molar-refractivity contribution < 1.29 is 9.47 Å². The molecule has 6 nitrogen and oxygen atoms in total. The Bertz CT molecular complexity index is 880. The zero-order chi connectivity index (χ0) is 20.5. The van der Waals surface area contributed by atoms with E-state index in [0.29, 0.717) is 13.2 Å². The predicted octanol–water partition coefficient (Wildman–Crippen LogP) is 4.20. The van der Waals surface area contributed by atoms with Crippen molar-refractivity contribution in [3.05, 3.63) is 71.0 Å². The molecule has 0 N–H and O–H groups in total. The summed E-state index contributed by atoms with van der Waals surface area (Å²) < 4.78 is 13.6. The lowest BCUT2D eigenvalue weighted by molar-refractivity contribution is 0.0529. The van der Waals surface area contributed by atoms with Crippen molar-refractivity contribution in [2.24, 2.45) is 0 Å². The maximum absolute atomic E-state index is 6.04. The molecule has 1 atom stereocenters. The summed E-state index contributed by atoms with van der Waals surface area (Å²) in [6.07, 6.45) is 2.34. The molecule has 0 saturated heterocycles. The Labute approximate surface area is 172 Å². The van der Waals surface area contributed by atoms with Gasteiger partial charge < -0.3 is 9.47 Å². The molecule has 29 heavy (non-hydrogen) atoms. The van der Waals surface area contributed by atoms with Gasteiger partial charge in [0.2, 0.25) is 0 Å². The van der Waals surface area contributed by atoms with Crippen LogP contribution in [-0.4, -0.2) is 33.4 Å². The molecule has 0 radical (unpaired) electrons. The number of tetrazole rings is 1. The van der Waals surface area contributed by atoms with Crippen LogP contribution in [0.5, 0.6) is 5.75 Å². The van der Waals surface area contributed by atoms with E-state index in [4.69, 9.17) is 9.47 Å². The number of rotatable bonds is 11. The minimum atomic E-state index is -0.187. The molecular formula is C23H30N4O2. The van der Waals surface area contributed by atoms with Crippen molar-refractivity contribution >= 4 is 0 Å². The van der Waals surface area contributed by atoms with Crippen LogP contribution in [0.2, 0.25) is 0 Å². The van der Waals surface area contributed by atoms with Gasteiger partial charge >= 0.3 is 0 Å². The fraction of sp³-hybridized carbons (Fsp3) is 0.435. The highest BCUT2D eigenvalue weighted by Gasteiger charge is 2.21. The predicted molar refractivity (Wildman–Crippen MR) is 113 cm³/mol. The lowest BCUT2D eigenvalue weighted by Gasteiger charge is -2.18. The number of hydrogen-bond donors (Lipinski definition) is 0. The minimum Gasteiger partial charge on any atom is -0.494 e. The second-order valence-electron chi connectivity index (χ2n) is 6.87. The fourth-order valence-corrected chi connectivity index (χ4v) is 3.45. The van der Waals surface area contributed by atoms with Crippen LogP contribution in [0.1, 0.15) is 49.4 Å². The molecule has 2 aromatic carbocycles. The Morgan fingerprint density at radius 3 is 2.52 bits per heavy atom. The summed E-state index contributed by atoms with van der Waals surface area (Å²) >= 11 is 0. The van der Waals surface area contributed by atoms with E-state index in [-0.39, 0.29) is 6.10 Å². The van der Waals surface area contributed by atoms with E-state index in [1.165, 1.54) is 16.7 Å². The van der Waals surface area contributed by atoms with Gasteiger partial charge in [0.1, 0.15) is 11.9 Å². The van der Waals surface area contributed by atoms with E-state index in [2.05, 4.69) is 64.9 Å². The summed E-state index contributed by atoms with van der Waals surface area (Å²) in [6, 6.07) is 16.7. The number of nitrogens with zero attached hydrogens (tertiary/aromatic N) is 4. The van der Waals surface area contributed by atoms with Crippen LogP contribution < -0.4 is 4.74 Å². The third-order valence-electron chi connectivity index (χ3n) is 4.90. The molecule has 3 aromatic rings. The average molecular weight is 395 g/mol. The van der Waals surface area contributed by atoms with E-state index in [1.54, 1.807) is 0 Å². The lowest BCUT2D eigenvalue weighted by Crippen LogP contribution is -2.16. The van der Waals surface area contributed by atoms with Gasteiger partial charge in [-0.15, -0.1) is 5.10 Å². The maximum Gasteiger partial charge on any atom is 0.180 e. The van der Waals surface area contributed by atoms with E-state index >= 15 is 0 Å². The summed E-state index contributed by atoms with van der Waals surface area (Å²) in [5, 5.41) is 12.4. The van der Waals surface area contributed by atoms with Gasteiger partial charge in [-0.3, -0.25) is 0 Å². The Morgan fingerprint density at radius 1 is 0.966 bits per heavy atom. The third kappa shape index (κ3) is 5.64. The number of benzene rings is 2. The van der Waals surface area contributed by atoms with Crippen molar-refractivity contribution in [3.8, 4) is 5.75 Å². The van der Waals surface area contributed by atoms with Crippen LogP contribution in [0.15, 0.2) is 48.5 Å². The summed E-state index contributed by atoms with van der Waals surface area (Å²) in [5.41, 5.74) is 3.67. The molecule has 0 saturated carbocycles. The van der Waals surface area contributed by atoms with Crippen molar-refractivity contribution in [3.63, 3.8) is 0 Å². The molecule has 0 fully saturated rings. The number of hydrogen-bond acceptors (Lipinski definition) is 5. The topological polar surface area (TPSA) is 62.1 Å². The number of aryl methyl sites for hydroxylation is 3. The Morgan fingerprint density at radius 2 is 1.79 bits per heavy atom. The molecule has 6 heteroatoms. The van der Waals surface area contributed by atoms with Crippen LogP contribution in [0.4, 0.5) is 0 Å². The highest BCUT2D eigenvalue weighted by molar-refractivity contribution is 5.37. The Kier molecular flexibility index (Phi) is 7.76. The van der Waals surface area contributed by atoms with Gasteiger partial charge in [0, 0.05) is 19.6 Å². The standard InChI is InChI=1S/C23H30N4O2/c1-4-20-16-19(12-13-21(20)28-5-2)17-22(29-6-3)23-24-25-26-27(23)15-14-18-10-8-7-9-11-18/h7-13,16,22H,4-6,14-15,17H2,1-3H3. The molecule has 3 rings (SSSR count). The van der Waals surface area contributed by atoms with Gasteiger partial charge in [0.05, 0.1) is 6.61 Å². The molecule has 1 aromatic heterocycles. The van der Waals surface area contributed by atoms with Gasteiger partial charge in [-0.1, -0.05) is 49.4 Å². The molecule has 0 aliphatic rings. The summed E-state index contributed by atoms with van der Waals surface area (Å²) in [7, 11) is 0. The monoisotopic (exact) mass is 394 g/mol. The molecule has 1 heterocycles. The van der Waals surface area contributed by atoms with Crippen LogP contribution in [0.3, 0.4) is 0 Å². The first kappa shape index (κ1) is 21.0. The third-order valence-corrected chi connectivity index (χ3v) is 4.90. The molecule has 154 valence electrons. The Balaban J connectivity index is 1.76. The van der Waals surface area contributed by atoms with E-state index in [1.807, 2.05) is 24.6 Å². The van der Waals surface area contributed by atoms with E-state index in [9.17, 15) is 0 Å². The molecular weight excluding hydrogens is 364 g/mol. The minimum absolute atomic E-state index is 0.187. The van der Waals surface area contributed by atoms with Gasteiger partial charge in [0.15, 0.2) is 5.82 Å². The number of aromatic nitrogens is 4. The molecule has 0 aliphatic carbocycles. The quantitative estimate of drug-likeness (QED) is 0.488. The van der Waals surface area contributed by atoms with Crippen LogP contribution in [-0.2, 0) is 30.5 Å². The van der Waals surface area contributed by atoms with Crippen molar-refractivity contribution in [2.45, 2.75) is 52.7 Å². The van der Waals surface area contributed by atoms with Crippen molar-refractivity contribution in [1.29, 1.82) is 0 Å². The van der Waals surface area contributed by atoms with Crippen LogP contribution in [0.25, 0.3) is 0 Å². The highest BCUT2D eigenvalue weighted by atomic mass is 16.5. The number of ether oxygens (including phenoxy) is 2. The van der Waals surface area contributed by atoms with E-state index in [0.717, 1.165) is 37.4 Å². The molecule has 1 unspecified atom stereocenters. The second kappa shape index (κ2) is 10.7. The molecule has 0 spiro atoms. The summed E-state index contributed by atoms with van der Waals surface area (Å²) in [4.78, 5) is 0. The van der Waals surface area contributed by atoms with Crippen molar-refractivity contribution in [1.82, 2.24) is 20.2 Å². The van der Waals surface area contributed by atoms with Gasteiger partial charge in [-0.2, -0.15) is 0 Å². The first-order valence-electron chi connectivity index (χ1n) is 10.4. The van der Waals surface area contributed by atoms with Gasteiger partial charge in [-0.25, -0.2) is 4.68 Å².